The van der Waals surface area contributed by atoms with E-state index in [0.717, 1.165) is 31.1 Å². The number of piperidine rings is 1. The number of nitrogens with one attached hydrogen (secondary N) is 1. The maximum Gasteiger partial charge on any atom is 0.0914 e. The Morgan fingerprint density at radius 2 is 2.10 bits per heavy atom. The molecule has 1 saturated heterocycles. The molecule has 21 heavy (non-hydrogen) atoms. The van der Waals surface area contributed by atoms with Crippen molar-refractivity contribution in [1.29, 1.82) is 0 Å². The molecule has 1 aliphatic heterocycles. The summed E-state index contributed by atoms with van der Waals surface area (Å²) >= 11 is 5.85. The lowest BCUT2D eigenvalue weighted by molar-refractivity contribution is 0.154. The molecule has 2 N–H and O–H groups in total. The number of hydrogen-bond acceptors (Lipinski definition) is 3. The average Bonchev–Trinajstić information content (AvgIpc) is 2.49. The fourth-order valence-electron chi connectivity index (χ4n) is 2.94. The van der Waals surface area contributed by atoms with Crippen molar-refractivity contribution in [3.8, 4) is 0 Å². The molecule has 0 amide bonds. The van der Waals surface area contributed by atoms with Gasteiger partial charge in [-0.1, -0.05) is 30.2 Å². The molecule has 1 aromatic carbocycles. The SMILES string of the molecule is CC1CCCCN1CCCNCC(O)c1ccc(Cl)cc1. The third-order valence-corrected chi connectivity index (χ3v) is 4.58. The van der Waals surface area contributed by atoms with Crippen LogP contribution in [-0.2, 0) is 0 Å². The molecule has 118 valence electrons. The van der Waals surface area contributed by atoms with E-state index in [1.165, 1.54) is 25.8 Å². The van der Waals surface area contributed by atoms with Crippen molar-refractivity contribution >= 4 is 11.6 Å². The highest BCUT2D eigenvalue weighted by Gasteiger charge is 2.17. The third kappa shape index (κ3) is 5.59. The Balaban J connectivity index is 1.60. The van der Waals surface area contributed by atoms with E-state index >= 15 is 0 Å². The Kier molecular flexibility index (Phi) is 6.97. The molecule has 1 heterocycles. The topological polar surface area (TPSA) is 35.5 Å². The van der Waals surface area contributed by atoms with Crippen LogP contribution >= 0.6 is 11.6 Å². The van der Waals surface area contributed by atoms with E-state index in [0.29, 0.717) is 11.6 Å². The van der Waals surface area contributed by atoms with Gasteiger partial charge in [-0.25, -0.2) is 0 Å². The fourth-order valence-corrected chi connectivity index (χ4v) is 3.06. The van der Waals surface area contributed by atoms with Crippen LogP contribution in [0.15, 0.2) is 24.3 Å². The third-order valence-electron chi connectivity index (χ3n) is 4.33. The number of rotatable bonds is 7. The zero-order chi connectivity index (χ0) is 15.1. The number of aliphatic hydroxyl groups is 1. The van der Waals surface area contributed by atoms with Crippen molar-refractivity contribution < 1.29 is 5.11 Å². The molecular weight excluding hydrogens is 284 g/mol. The van der Waals surface area contributed by atoms with E-state index in [9.17, 15) is 5.11 Å². The van der Waals surface area contributed by atoms with Gasteiger partial charge in [-0.05, 0) is 63.5 Å². The summed E-state index contributed by atoms with van der Waals surface area (Å²) in [5.74, 6) is 0. The van der Waals surface area contributed by atoms with Crippen molar-refractivity contribution in [2.75, 3.05) is 26.2 Å². The van der Waals surface area contributed by atoms with Crippen LogP contribution < -0.4 is 5.32 Å². The molecule has 0 spiro atoms. The molecule has 2 rings (SSSR count). The highest BCUT2D eigenvalue weighted by molar-refractivity contribution is 6.30. The Hall–Kier alpha value is -0.610. The molecule has 0 aromatic heterocycles. The van der Waals surface area contributed by atoms with Crippen molar-refractivity contribution in [3.63, 3.8) is 0 Å². The molecule has 2 atom stereocenters. The number of likely N-dealkylation sites (tertiary alicyclic amines) is 1. The molecule has 0 saturated carbocycles. The van der Waals surface area contributed by atoms with Gasteiger partial charge in [0.2, 0.25) is 0 Å². The Morgan fingerprint density at radius 1 is 1.33 bits per heavy atom. The summed E-state index contributed by atoms with van der Waals surface area (Å²) in [5.41, 5.74) is 0.913. The van der Waals surface area contributed by atoms with Gasteiger partial charge in [0.1, 0.15) is 0 Å². The van der Waals surface area contributed by atoms with E-state index in [4.69, 9.17) is 11.6 Å². The van der Waals surface area contributed by atoms with Gasteiger partial charge in [-0.2, -0.15) is 0 Å². The monoisotopic (exact) mass is 310 g/mol. The zero-order valence-electron chi connectivity index (χ0n) is 12.9. The molecule has 1 aliphatic rings. The molecule has 1 fully saturated rings. The number of aliphatic hydroxyl groups excluding tert-OH is 1. The standard InChI is InChI=1S/C17H27ClN2O/c1-14-5-2-3-11-20(14)12-4-10-19-13-17(21)15-6-8-16(18)9-7-15/h6-9,14,17,19,21H,2-5,10-13H2,1H3. The summed E-state index contributed by atoms with van der Waals surface area (Å²) in [6.45, 7) is 6.28. The van der Waals surface area contributed by atoms with E-state index in [1.807, 2.05) is 24.3 Å². The van der Waals surface area contributed by atoms with Gasteiger partial charge in [0.25, 0.3) is 0 Å². The van der Waals surface area contributed by atoms with E-state index in [1.54, 1.807) is 0 Å². The van der Waals surface area contributed by atoms with Crippen LogP contribution in [0.1, 0.15) is 44.3 Å². The van der Waals surface area contributed by atoms with Crippen LogP contribution in [0.5, 0.6) is 0 Å². The van der Waals surface area contributed by atoms with E-state index < -0.39 is 6.10 Å². The van der Waals surface area contributed by atoms with Crippen molar-refractivity contribution in [3.05, 3.63) is 34.9 Å². The predicted octanol–water partition coefficient (Wildman–Crippen LogP) is 3.23. The van der Waals surface area contributed by atoms with Gasteiger partial charge in [0.15, 0.2) is 0 Å². The van der Waals surface area contributed by atoms with Crippen LogP contribution in [-0.4, -0.2) is 42.2 Å². The first-order valence-corrected chi connectivity index (χ1v) is 8.43. The average molecular weight is 311 g/mol. The molecule has 0 bridgehead atoms. The highest BCUT2D eigenvalue weighted by atomic mass is 35.5. The molecule has 2 unspecified atom stereocenters. The summed E-state index contributed by atoms with van der Waals surface area (Å²) in [5, 5.41) is 14.1. The minimum atomic E-state index is -0.462. The van der Waals surface area contributed by atoms with Crippen LogP contribution in [0.4, 0.5) is 0 Å². The van der Waals surface area contributed by atoms with Gasteiger partial charge in [-0.15, -0.1) is 0 Å². The first-order valence-electron chi connectivity index (χ1n) is 8.05. The first-order chi connectivity index (χ1) is 10.2. The van der Waals surface area contributed by atoms with Gasteiger partial charge in [0, 0.05) is 17.6 Å². The van der Waals surface area contributed by atoms with Crippen LogP contribution in [0.25, 0.3) is 0 Å². The Morgan fingerprint density at radius 3 is 2.81 bits per heavy atom. The van der Waals surface area contributed by atoms with Gasteiger partial charge in [-0.3, -0.25) is 0 Å². The Bertz CT molecular complexity index is 410. The van der Waals surface area contributed by atoms with Crippen molar-refractivity contribution in [2.24, 2.45) is 0 Å². The second-order valence-corrected chi connectivity index (χ2v) is 6.44. The van der Waals surface area contributed by atoms with Crippen molar-refractivity contribution in [1.82, 2.24) is 10.2 Å². The summed E-state index contributed by atoms with van der Waals surface area (Å²) in [6.07, 6.45) is 4.73. The molecule has 0 aliphatic carbocycles. The number of nitrogens with zero attached hydrogens (tertiary/aromatic N) is 1. The molecule has 1 aromatic rings. The largest absolute Gasteiger partial charge is 0.387 e. The normalized spacial score (nSPS) is 21.4. The van der Waals surface area contributed by atoms with Gasteiger partial charge >= 0.3 is 0 Å². The highest BCUT2D eigenvalue weighted by Crippen LogP contribution is 2.17. The van der Waals surface area contributed by atoms with Crippen LogP contribution in [0, 0.1) is 0 Å². The lowest BCUT2D eigenvalue weighted by Crippen LogP contribution is -2.39. The van der Waals surface area contributed by atoms with Crippen LogP contribution in [0.3, 0.4) is 0 Å². The predicted molar refractivity (Wildman–Crippen MR) is 88.8 cm³/mol. The quantitative estimate of drug-likeness (QED) is 0.759. The number of benzene rings is 1. The molecule has 4 heteroatoms. The summed E-state index contributed by atoms with van der Waals surface area (Å²) < 4.78 is 0. The zero-order valence-corrected chi connectivity index (χ0v) is 13.6. The summed E-state index contributed by atoms with van der Waals surface area (Å²) in [6, 6.07) is 8.13. The molecule has 0 radical (unpaired) electrons. The Labute approximate surface area is 133 Å². The van der Waals surface area contributed by atoms with Gasteiger partial charge in [0.05, 0.1) is 6.10 Å². The number of hydrogen-bond donors (Lipinski definition) is 2. The fraction of sp³-hybridized carbons (Fsp3) is 0.647. The second-order valence-electron chi connectivity index (χ2n) is 6.01. The first kappa shape index (κ1) is 16.8. The second kappa shape index (κ2) is 8.74. The molecular formula is C17H27ClN2O. The van der Waals surface area contributed by atoms with Crippen LogP contribution in [0.2, 0.25) is 5.02 Å². The lowest BCUT2D eigenvalue weighted by Gasteiger charge is -2.33. The maximum absolute atomic E-state index is 10.1. The summed E-state index contributed by atoms with van der Waals surface area (Å²) in [4.78, 5) is 2.58. The van der Waals surface area contributed by atoms with Gasteiger partial charge < -0.3 is 15.3 Å². The van der Waals surface area contributed by atoms with E-state index in [2.05, 4.69) is 17.1 Å². The minimum Gasteiger partial charge on any atom is -0.387 e. The minimum absolute atomic E-state index is 0.462. The smallest absolute Gasteiger partial charge is 0.0914 e. The number of halogens is 1. The molecule has 3 nitrogen and oxygen atoms in total. The summed E-state index contributed by atoms with van der Waals surface area (Å²) in [7, 11) is 0. The van der Waals surface area contributed by atoms with Crippen molar-refractivity contribution in [2.45, 2.75) is 44.8 Å². The maximum atomic E-state index is 10.1. The van der Waals surface area contributed by atoms with E-state index in [-0.39, 0.29) is 0 Å². The lowest BCUT2D eigenvalue weighted by atomic mass is 10.0.